The zero-order valence-electron chi connectivity index (χ0n) is 12.1. The lowest BCUT2D eigenvalue weighted by Gasteiger charge is -2.42. The van der Waals surface area contributed by atoms with Crippen LogP contribution in [0.15, 0.2) is 18.2 Å². The monoisotopic (exact) mass is 281 g/mol. The Morgan fingerprint density at radius 2 is 2.11 bits per heavy atom. The van der Waals surface area contributed by atoms with E-state index in [2.05, 4.69) is 13.8 Å². The standard InChI is InChI=1S/C16H24ClNO/c1-16(2)9-5-4-6-13(16)15(18)12-10-11(17)7-8-14(12)19-3/h7-8,10,13,15H,4-6,9,18H2,1-3H3. The van der Waals surface area contributed by atoms with Crippen LogP contribution >= 0.6 is 11.6 Å². The predicted octanol–water partition coefficient (Wildman–Crippen LogP) is 4.56. The van der Waals surface area contributed by atoms with Crippen LogP contribution < -0.4 is 10.5 Å². The van der Waals surface area contributed by atoms with Crippen LogP contribution in [-0.2, 0) is 0 Å². The molecule has 2 N–H and O–H groups in total. The van der Waals surface area contributed by atoms with Crippen molar-refractivity contribution in [3.8, 4) is 5.75 Å². The van der Waals surface area contributed by atoms with Gasteiger partial charge in [0.2, 0.25) is 0 Å². The second-order valence-electron chi connectivity index (χ2n) is 6.25. The number of hydrogen-bond donors (Lipinski definition) is 1. The number of halogens is 1. The summed E-state index contributed by atoms with van der Waals surface area (Å²) in [7, 11) is 1.69. The largest absolute Gasteiger partial charge is 0.496 e. The van der Waals surface area contributed by atoms with Gasteiger partial charge in [0.05, 0.1) is 7.11 Å². The molecule has 1 aliphatic carbocycles. The zero-order valence-corrected chi connectivity index (χ0v) is 12.8. The second kappa shape index (κ2) is 5.72. The Balaban J connectivity index is 2.32. The molecule has 3 heteroatoms. The average molecular weight is 282 g/mol. The predicted molar refractivity (Wildman–Crippen MR) is 80.7 cm³/mol. The van der Waals surface area contributed by atoms with Crippen molar-refractivity contribution in [3.05, 3.63) is 28.8 Å². The molecule has 0 bridgehead atoms. The lowest BCUT2D eigenvalue weighted by atomic mass is 9.65. The van der Waals surface area contributed by atoms with E-state index in [1.54, 1.807) is 7.11 Å². The van der Waals surface area contributed by atoms with Gasteiger partial charge in [-0.2, -0.15) is 0 Å². The average Bonchev–Trinajstić information content (AvgIpc) is 2.37. The fourth-order valence-electron chi connectivity index (χ4n) is 3.37. The summed E-state index contributed by atoms with van der Waals surface area (Å²) in [4.78, 5) is 0. The maximum atomic E-state index is 6.55. The Labute approximate surface area is 121 Å². The fraction of sp³-hybridized carbons (Fsp3) is 0.625. The van der Waals surface area contributed by atoms with Gasteiger partial charge in [-0.15, -0.1) is 0 Å². The van der Waals surface area contributed by atoms with Crippen LogP contribution in [0.4, 0.5) is 0 Å². The van der Waals surface area contributed by atoms with Crippen molar-refractivity contribution in [1.29, 1.82) is 0 Å². The molecule has 1 saturated carbocycles. The van der Waals surface area contributed by atoms with Gasteiger partial charge in [-0.1, -0.05) is 38.3 Å². The van der Waals surface area contributed by atoms with Crippen molar-refractivity contribution < 1.29 is 4.74 Å². The van der Waals surface area contributed by atoms with Crippen LogP contribution in [0.2, 0.25) is 5.02 Å². The van der Waals surface area contributed by atoms with E-state index in [1.807, 2.05) is 18.2 Å². The van der Waals surface area contributed by atoms with E-state index in [9.17, 15) is 0 Å². The highest BCUT2D eigenvalue weighted by Crippen LogP contribution is 2.47. The molecule has 2 nitrogen and oxygen atoms in total. The maximum Gasteiger partial charge on any atom is 0.123 e. The summed E-state index contributed by atoms with van der Waals surface area (Å²) in [6.07, 6.45) is 5.01. The quantitative estimate of drug-likeness (QED) is 0.881. The first-order valence-electron chi connectivity index (χ1n) is 7.05. The van der Waals surface area contributed by atoms with E-state index < -0.39 is 0 Å². The SMILES string of the molecule is COc1ccc(Cl)cc1C(N)C1CCCCC1(C)C. The van der Waals surface area contributed by atoms with Crippen LogP contribution in [0.3, 0.4) is 0 Å². The van der Waals surface area contributed by atoms with E-state index in [0.29, 0.717) is 5.92 Å². The molecule has 106 valence electrons. The molecular formula is C16H24ClNO. The molecule has 2 unspecified atom stereocenters. The summed E-state index contributed by atoms with van der Waals surface area (Å²) in [5.74, 6) is 1.33. The Kier molecular flexibility index (Phi) is 4.42. The molecule has 0 amide bonds. The van der Waals surface area contributed by atoms with Crippen molar-refractivity contribution in [2.45, 2.75) is 45.6 Å². The van der Waals surface area contributed by atoms with E-state index >= 15 is 0 Å². The summed E-state index contributed by atoms with van der Waals surface area (Å²) < 4.78 is 5.44. The minimum Gasteiger partial charge on any atom is -0.496 e. The van der Waals surface area contributed by atoms with Gasteiger partial charge >= 0.3 is 0 Å². The number of rotatable bonds is 3. The molecule has 2 atom stereocenters. The third-order valence-corrected chi connectivity index (χ3v) is 4.81. The molecule has 19 heavy (non-hydrogen) atoms. The highest BCUT2D eigenvalue weighted by atomic mass is 35.5. The molecule has 1 aliphatic rings. The van der Waals surface area contributed by atoms with Gasteiger partial charge < -0.3 is 10.5 Å². The van der Waals surface area contributed by atoms with Crippen LogP contribution in [-0.4, -0.2) is 7.11 Å². The van der Waals surface area contributed by atoms with Crippen molar-refractivity contribution in [1.82, 2.24) is 0 Å². The number of nitrogens with two attached hydrogens (primary N) is 1. The smallest absolute Gasteiger partial charge is 0.123 e. The molecule has 2 rings (SSSR count). The lowest BCUT2D eigenvalue weighted by molar-refractivity contribution is 0.112. The molecule has 0 aliphatic heterocycles. The Bertz CT molecular complexity index is 444. The minimum absolute atomic E-state index is 0.0102. The third-order valence-electron chi connectivity index (χ3n) is 4.57. The normalized spacial score (nSPS) is 23.9. The number of benzene rings is 1. The Hall–Kier alpha value is -0.730. The van der Waals surface area contributed by atoms with Gasteiger partial charge in [-0.25, -0.2) is 0 Å². The van der Waals surface area contributed by atoms with Gasteiger partial charge in [-0.05, 0) is 42.4 Å². The molecule has 1 aromatic rings. The fourth-order valence-corrected chi connectivity index (χ4v) is 3.55. The van der Waals surface area contributed by atoms with Crippen LogP contribution in [0.5, 0.6) is 5.75 Å². The highest BCUT2D eigenvalue weighted by Gasteiger charge is 2.37. The van der Waals surface area contributed by atoms with Gasteiger partial charge in [0.15, 0.2) is 0 Å². The summed E-state index contributed by atoms with van der Waals surface area (Å²) in [5, 5.41) is 0.722. The van der Waals surface area contributed by atoms with Crippen LogP contribution in [0.25, 0.3) is 0 Å². The van der Waals surface area contributed by atoms with Gasteiger partial charge in [-0.3, -0.25) is 0 Å². The van der Waals surface area contributed by atoms with E-state index in [1.165, 1.54) is 25.7 Å². The van der Waals surface area contributed by atoms with Gasteiger partial charge in [0, 0.05) is 16.6 Å². The van der Waals surface area contributed by atoms with Crippen LogP contribution in [0, 0.1) is 11.3 Å². The van der Waals surface area contributed by atoms with Gasteiger partial charge in [0.25, 0.3) is 0 Å². The Morgan fingerprint density at radius 1 is 1.37 bits per heavy atom. The van der Waals surface area contributed by atoms with E-state index in [0.717, 1.165) is 16.3 Å². The van der Waals surface area contributed by atoms with Crippen molar-refractivity contribution in [3.63, 3.8) is 0 Å². The minimum atomic E-state index is -0.0102. The molecule has 0 aromatic heterocycles. The first-order chi connectivity index (χ1) is 8.95. The first-order valence-corrected chi connectivity index (χ1v) is 7.42. The van der Waals surface area contributed by atoms with Crippen molar-refractivity contribution in [2.75, 3.05) is 7.11 Å². The highest BCUT2D eigenvalue weighted by molar-refractivity contribution is 6.30. The molecule has 1 aromatic carbocycles. The van der Waals surface area contributed by atoms with E-state index in [-0.39, 0.29) is 11.5 Å². The molecular weight excluding hydrogens is 258 g/mol. The summed E-state index contributed by atoms with van der Waals surface area (Å²) in [5.41, 5.74) is 7.87. The maximum absolute atomic E-state index is 6.55. The van der Waals surface area contributed by atoms with Crippen molar-refractivity contribution >= 4 is 11.6 Å². The van der Waals surface area contributed by atoms with E-state index in [4.69, 9.17) is 22.1 Å². The number of methoxy groups -OCH3 is 1. The zero-order chi connectivity index (χ0) is 14.0. The third kappa shape index (κ3) is 3.06. The molecule has 0 saturated heterocycles. The summed E-state index contributed by atoms with van der Waals surface area (Å²) in [6.45, 7) is 4.65. The lowest BCUT2D eigenvalue weighted by Crippen LogP contribution is -2.36. The number of ether oxygens (including phenoxy) is 1. The molecule has 0 heterocycles. The summed E-state index contributed by atoms with van der Waals surface area (Å²) in [6, 6.07) is 5.70. The van der Waals surface area contributed by atoms with Gasteiger partial charge in [0.1, 0.15) is 5.75 Å². The number of hydrogen-bond acceptors (Lipinski definition) is 2. The molecule has 1 fully saturated rings. The molecule has 0 spiro atoms. The first kappa shape index (κ1) is 14.7. The molecule has 0 radical (unpaired) electrons. The second-order valence-corrected chi connectivity index (χ2v) is 6.69. The van der Waals surface area contributed by atoms with Crippen LogP contribution in [0.1, 0.15) is 51.1 Å². The Morgan fingerprint density at radius 3 is 2.74 bits per heavy atom. The summed E-state index contributed by atoms with van der Waals surface area (Å²) >= 11 is 6.12. The van der Waals surface area contributed by atoms with Crippen molar-refractivity contribution in [2.24, 2.45) is 17.1 Å². The topological polar surface area (TPSA) is 35.2 Å².